The molecule has 0 bridgehead atoms. The number of pyridine rings is 1. The lowest BCUT2D eigenvalue weighted by Gasteiger charge is -2.09. The zero-order chi connectivity index (χ0) is 14.7. The first kappa shape index (κ1) is 13.9. The van der Waals surface area contributed by atoms with Crippen LogP contribution in [-0.2, 0) is 6.42 Å². The molecule has 5 nitrogen and oxygen atoms in total. The van der Waals surface area contributed by atoms with Crippen LogP contribution in [0.15, 0.2) is 35.1 Å². The molecular formula is C15H15NO4. The van der Waals surface area contributed by atoms with Crippen molar-refractivity contribution < 1.29 is 14.6 Å². The molecule has 0 aliphatic rings. The van der Waals surface area contributed by atoms with Crippen molar-refractivity contribution in [1.82, 2.24) is 4.98 Å². The van der Waals surface area contributed by atoms with Crippen LogP contribution in [0.2, 0.25) is 0 Å². The lowest BCUT2D eigenvalue weighted by atomic mass is 10.0. The number of ether oxygens (including phenoxy) is 1. The normalized spacial score (nSPS) is 10.3. The first-order valence-electron chi connectivity index (χ1n) is 6.20. The summed E-state index contributed by atoms with van der Waals surface area (Å²) in [7, 11) is 1.58. The van der Waals surface area contributed by atoms with Crippen LogP contribution < -0.4 is 10.3 Å². The number of methoxy groups -OCH3 is 1. The second-order valence-electron chi connectivity index (χ2n) is 4.30. The summed E-state index contributed by atoms with van der Waals surface area (Å²) in [6.45, 7) is 1.91. The van der Waals surface area contributed by atoms with Crippen LogP contribution in [0.4, 0.5) is 0 Å². The first-order valence-corrected chi connectivity index (χ1v) is 6.20. The summed E-state index contributed by atoms with van der Waals surface area (Å²) in [4.78, 5) is 25.4. The minimum atomic E-state index is -1.22. The number of hydrogen-bond donors (Lipinski definition) is 2. The van der Waals surface area contributed by atoms with Gasteiger partial charge in [0.25, 0.3) is 5.56 Å². The van der Waals surface area contributed by atoms with Gasteiger partial charge >= 0.3 is 5.97 Å². The zero-order valence-electron chi connectivity index (χ0n) is 11.3. The van der Waals surface area contributed by atoms with Crippen LogP contribution >= 0.6 is 0 Å². The van der Waals surface area contributed by atoms with Crippen LogP contribution in [0.5, 0.6) is 5.75 Å². The van der Waals surface area contributed by atoms with Gasteiger partial charge in [-0.2, -0.15) is 0 Å². The highest BCUT2D eigenvalue weighted by Gasteiger charge is 2.14. The van der Waals surface area contributed by atoms with E-state index in [1.54, 1.807) is 19.2 Å². The number of nitrogens with one attached hydrogen (secondary N) is 1. The van der Waals surface area contributed by atoms with Crippen molar-refractivity contribution in [2.75, 3.05) is 7.11 Å². The van der Waals surface area contributed by atoms with E-state index < -0.39 is 11.5 Å². The number of carboxylic acid groups (broad SMARTS) is 1. The van der Waals surface area contributed by atoms with E-state index in [4.69, 9.17) is 9.84 Å². The topological polar surface area (TPSA) is 79.4 Å². The number of aryl methyl sites for hydroxylation is 1. The quantitative estimate of drug-likeness (QED) is 0.895. The third-order valence-corrected chi connectivity index (χ3v) is 3.11. The molecule has 2 aromatic rings. The summed E-state index contributed by atoms with van der Waals surface area (Å²) < 4.78 is 5.09. The van der Waals surface area contributed by atoms with E-state index in [1.165, 1.54) is 6.07 Å². The molecule has 0 unspecified atom stereocenters. The summed E-state index contributed by atoms with van der Waals surface area (Å²) in [5.74, 6) is -0.501. The van der Waals surface area contributed by atoms with Gasteiger partial charge in [0, 0.05) is 0 Å². The van der Waals surface area contributed by atoms with E-state index in [0.29, 0.717) is 12.1 Å². The lowest BCUT2D eigenvalue weighted by molar-refractivity contribution is 0.0695. The Balaban J connectivity index is 2.58. The number of hydrogen-bond acceptors (Lipinski definition) is 3. The third kappa shape index (κ3) is 2.56. The Hall–Kier alpha value is -2.56. The molecule has 0 spiro atoms. The number of aromatic carboxylic acids is 1. The highest BCUT2D eigenvalue weighted by molar-refractivity contribution is 5.88. The molecule has 0 saturated heterocycles. The molecule has 0 aliphatic heterocycles. The van der Waals surface area contributed by atoms with Crippen molar-refractivity contribution in [3.05, 3.63) is 51.8 Å². The summed E-state index contributed by atoms with van der Waals surface area (Å²) >= 11 is 0. The van der Waals surface area contributed by atoms with Crippen LogP contribution in [0.3, 0.4) is 0 Å². The first-order chi connectivity index (χ1) is 9.56. The molecule has 2 rings (SSSR count). The Labute approximate surface area is 115 Å². The molecule has 104 valence electrons. The average Bonchev–Trinajstić information content (AvgIpc) is 2.46. The Morgan fingerprint density at radius 3 is 2.45 bits per heavy atom. The standard InChI is InChI=1S/C15H15NO4/c1-3-9-8-12(15(18)19)14(17)16-13(9)10-4-6-11(20-2)7-5-10/h4-8H,3H2,1-2H3,(H,16,17)(H,18,19). The van der Waals surface area contributed by atoms with Gasteiger partial charge in [0.15, 0.2) is 0 Å². The molecule has 0 radical (unpaired) electrons. The smallest absolute Gasteiger partial charge is 0.341 e. The van der Waals surface area contributed by atoms with E-state index in [9.17, 15) is 9.59 Å². The molecule has 0 atom stereocenters. The number of carboxylic acids is 1. The number of H-pyrrole nitrogens is 1. The van der Waals surface area contributed by atoms with Crippen molar-refractivity contribution in [3.63, 3.8) is 0 Å². The van der Waals surface area contributed by atoms with Crippen molar-refractivity contribution in [3.8, 4) is 17.0 Å². The fourth-order valence-electron chi connectivity index (χ4n) is 2.03. The second kappa shape index (κ2) is 5.61. The van der Waals surface area contributed by atoms with E-state index in [0.717, 1.165) is 16.9 Å². The van der Waals surface area contributed by atoms with Crippen LogP contribution in [0.1, 0.15) is 22.8 Å². The summed E-state index contributed by atoms with van der Waals surface area (Å²) in [6.07, 6.45) is 0.623. The van der Waals surface area contributed by atoms with Gasteiger partial charge in [-0.05, 0) is 47.9 Å². The van der Waals surface area contributed by atoms with E-state index in [-0.39, 0.29) is 5.56 Å². The molecule has 0 aliphatic carbocycles. The molecule has 1 aromatic heterocycles. The van der Waals surface area contributed by atoms with Crippen LogP contribution in [-0.4, -0.2) is 23.2 Å². The molecule has 2 N–H and O–H groups in total. The Morgan fingerprint density at radius 1 is 1.30 bits per heavy atom. The maximum absolute atomic E-state index is 11.8. The summed E-state index contributed by atoms with van der Waals surface area (Å²) in [5, 5.41) is 8.98. The molecule has 1 aromatic carbocycles. The number of aromatic amines is 1. The van der Waals surface area contributed by atoms with Gasteiger partial charge in [0.05, 0.1) is 12.8 Å². The van der Waals surface area contributed by atoms with Crippen molar-refractivity contribution in [1.29, 1.82) is 0 Å². The van der Waals surface area contributed by atoms with E-state index in [2.05, 4.69) is 4.98 Å². The van der Waals surface area contributed by atoms with Crippen molar-refractivity contribution in [2.24, 2.45) is 0 Å². The highest BCUT2D eigenvalue weighted by atomic mass is 16.5. The predicted octanol–water partition coefficient (Wildman–Crippen LogP) is 2.31. The second-order valence-corrected chi connectivity index (χ2v) is 4.30. The number of benzene rings is 1. The molecule has 0 fully saturated rings. The maximum atomic E-state index is 11.8. The van der Waals surface area contributed by atoms with E-state index >= 15 is 0 Å². The van der Waals surface area contributed by atoms with Gasteiger partial charge in [-0.25, -0.2) is 4.79 Å². The van der Waals surface area contributed by atoms with Gasteiger partial charge in [-0.1, -0.05) is 6.92 Å². The predicted molar refractivity (Wildman–Crippen MR) is 75.4 cm³/mol. The van der Waals surface area contributed by atoms with Crippen molar-refractivity contribution >= 4 is 5.97 Å². The Kier molecular flexibility index (Phi) is 3.89. The van der Waals surface area contributed by atoms with E-state index in [1.807, 2.05) is 19.1 Å². The molecule has 5 heteroatoms. The minimum Gasteiger partial charge on any atom is -0.497 e. The number of carbonyl (C=O) groups is 1. The van der Waals surface area contributed by atoms with Crippen LogP contribution in [0, 0.1) is 0 Å². The average molecular weight is 273 g/mol. The largest absolute Gasteiger partial charge is 0.497 e. The highest BCUT2D eigenvalue weighted by Crippen LogP contribution is 2.23. The minimum absolute atomic E-state index is 0.237. The van der Waals surface area contributed by atoms with Gasteiger partial charge < -0.3 is 14.8 Å². The monoisotopic (exact) mass is 273 g/mol. The molecular weight excluding hydrogens is 258 g/mol. The Bertz CT molecular complexity index is 686. The van der Waals surface area contributed by atoms with Crippen molar-refractivity contribution in [2.45, 2.75) is 13.3 Å². The van der Waals surface area contributed by atoms with Gasteiger partial charge in [0.1, 0.15) is 11.3 Å². The van der Waals surface area contributed by atoms with Gasteiger partial charge in [-0.15, -0.1) is 0 Å². The molecule has 0 saturated carbocycles. The van der Waals surface area contributed by atoms with Crippen LogP contribution in [0.25, 0.3) is 11.3 Å². The molecule has 0 amide bonds. The fourth-order valence-corrected chi connectivity index (χ4v) is 2.03. The molecule has 20 heavy (non-hydrogen) atoms. The number of aromatic nitrogens is 1. The maximum Gasteiger partial charge on any atom is 0.341 e. The lowest BCUT2D eigenvalue weighted by Crippen LogP contribution is -2.19. The summed E-state index contributed by atoms with van der Waals surface area (Å²) in [5.41, 5.74) is 1.41. The van der Waals surface area contributed by atoms with Gasteiger partial charge in [0.2, 0.25) is 0 Å². The van der Waals surface area contributed by atoms with Gasteiger partial charge in [-0.3, -0.25) is 4.79 Å². The summed E-state index contributed by atoms with van der Waals surface area (Å²) in [6, 6.07) is 8.66. The zero-order valence-corrected chi connectivity index (χ0v) is 11.3. The SMILES string of the molecule is CCc1cc(C(=O)O)c(=O)[nH]c1-c1ccc(OC)cc1. The Morgan fingerprint density at radius 2 is 1.95 bits per heavy atom. The molecule has 1 heterocycles. The fraction of sp³-hybridized carbons (Fsp3) is 0.200. The third-order valence-electron chi connectivity index (χ3n) is 3.11. The number of rotatable bonds is 4.